The van der Waals surface area contributed by atoms with Crippen molar-refractivity contribution in [3.05, 3.63) is 58.6 Å². The molecule has 0 atom stereocenters. The third-order valence-corrected chi connectivity index (χ3v) is 5.15. The lowest BCUT2D eigenvalue weighted by atomic mass is 10.1. The van der Waals surface area contributed by atoms with E-state index in [1.165, 1.54) is 13.2 Å². The van der Waals surface area contributed by atoms with Crippen molar-refractivity contribution in [2.24, 2.45) is 5.73 Å². The Bertz CT molecular complexity index is 744. The molecule has 0 saturated heterocycles. The minimum Gasteiger partial charge on any atom is -0.495 e. The Morgan fingerprint density at radius 1 is 1.19 bits per heavy atom. The lowest BCUT2D eigenvalue weighted by molar-refractivity contribution is 0.402. The van der Waals surface area contributed by atoms with Crippen molar-refractivity contribution in [3.63, 3.8) is 0 Å². The van der Waals surface area contributed by atoms with E-state index in [4.69, 9.17) is 22.1 Å². The van der Waals surface area contributed by atoms with E-state index in [1.54, 1.807) is 36.4 Å². The van der Waals surface area contributed by atoms with Crippen LogP contribution in [0.15, 0.2) is 47.4 Å². The van der Waals surface area contributed by atoms with Gasteiger partial charge in [0.05, 0.1) is 12.9 Å². The Labute approximate surface area is 129 Å². The maximum Gasteiger partial charge on any atom is 0.186 e. The SMILES string of the molecule is COc1ccccc1S(=O)(=O)Cc1ccc(CN)cc1Cl. The molecular formula is C15H16ClNO3S. The molecule has 2 aromatic rings. The van der Waals surface area contributed by atoms with Crippen molar-refractivity contribution in [1.82, 2.24) is 0 Å². The van der Waals surface area contributed by atoms with Gasteiger partial charge in [0.25, 0.3) is 0 Å². The van der Waals surface area contributed by atoms with Gasteiger partial charge in [0.1, 0.15) is 10.6 Å². The van der Waals surface area contributed by atoms with Crippen LogP contribution in [-0.2, 0) is 22.1 Å². The van der Waals surface area contributed by atoms with E-state index >= 15 is 0 Å². The van der Waals surface area contributed by atoms with E-state index in [1.807, 2.05) is 0 Å². The first-order valence-corrected chi connectivity index (χ1v) is 8.34. The molecule has 0 radical (unpaired) electrons. The summed E-state index contributed by atoms with van der Waals surface area (Å²) < 4.78 is 30.2. The number of rotatable bonds is 5. The Balaban J connectivity index is 2.38. The van der Waals surface area contributed by atoms with Crippen LogP contribution in [0.4, 0.5) is 0 Å². The van der Waals surface area contributed by atoms with Crippen LogP contribution in [0, 0.1) is 0 Å². The van der Waals surface area contributed by atoms with Crippen LogP contribution in [-0.4, -0.2) is 15.5 Å². The molecule has 112 valence electrons. The molecule has 0 spiro atoms. The maximum absolute atomic E-state index is 12.5. The van der Waals surface area contributed by atoms with Gasteiger partial charge < -0.3 is 10.5 Å². The highest BCUT2D eigenvalue weighted by atomic mass is 35.5. The summed E-state index contributed by atoms with van der Waals surface area (Å²) in [4.78, 5) is 0.159. The molecule has 2 aromatic carbocycles. The molecule has 0 amide bonds. The van der Waals surface area contributed by atoms with Crippen LogP contribution in [0.2, 0.25) is 5.02 Å². The van der Waals surface area contributed by atoms with E-state index in [9.17, 15) is 8.42 Å². The van der Waals surface area contributed by atoms with E-state index in [0.29, 0.717) is 22.9 Å². The van der Waals surface area contributed by atoms with E-state index in [2.05, 4.69) is 0 Å². The normalized spacial score (nSPS) is 11.4. The minimum atomic E-state index is -3.54. The van der Waals surface area contributed by atoms with Gasteiger partial charge >= 0.3 is 0 Å². The largest absolute Gasteiger partial charge is 0.495 e. The van der Waals surface area contributed by atoms with Crippen LogP contribution in [0.3, 0.4) is 0 Å². The summed E-state index contributed by atoms with van der Waals surface area (Å²) in [5.41, 5.74) is 6.93. The Hall–Kier alpha value is -1.56. The van der Waals surface area contributed by atoms with Crippen LogP contribution in [0.1, 0.15) is 11.1 Å². The van der Waals surface area contributed by atoms with Crippen LogP contribution < -0.4 is 10.5 Å². The Kier molecular flexibility index (Phi) is 4.88. The summed E-state index contributed by atoms with van der Waals surface area (Å²) in [6, 6.07) is 11.7. The number of para-hydroxylation sites is 1. The number of halogens is 1. The number of hydrogen-bond donors (Lipinski definition) is 1. The molecule has 21 heavy (non-hydrogen) atoms. The summed E-state index contributed by atoms with van der Waals surface area (Å²) in [5, 5.41) is 0.399. The van der Waals surface area contributed by atoms with Crippen molar-refractivity contribution in [2.75, 3.05) is 7.11 Å². The highest BCUT2D eigenvalue weighted by molar-refractivity contribution is 7.90. The summed E-state index contributed by atoms with van der Waals surface area (Å²) in [6.07, 6.45) is 0. The number of methoxy groups -OCH3 is 1. The van der Waals surface area contributed by atoms with E-state index in [-0.39, 0.29) is 10.6 Å². The van der Waals surface area contributed by atoms with Crippen molar-refractivity contribution in [1.29, 1.82) is 0 Å². The molecule has 0 aliphatic heterocycles. The first-order valence-electron chi connectivity index (χ1n) is 6.31. The van der Waals surface area contributed by atoms with Crippen molar-refractivity contribution in [3.8, 4) is 5.75 Å². The summed E-state index contributed by atoms with van der Waals surface area (Å²) in [5.74, 6) is 0.143. The Morgan fingerprint density at radius 2 is 1.90 bits per heavy atom. The fourth-order valence-electron chi connectivity index (χ4n) is 1.99. The molecule has 4 nitrogen and oxygen atoms in total. The van der Waals surface area contributed by atoms with Gasteiger partial charge in [0.15, 0.2) is 9.84 Å². The van der Waals surface area contributed by atoms with Crippen LogP contribution in [0.5, 0.6) is 5.75 Å². The average molecular weight is 326 g/mol. The van der Waals surface area contributed by atoms with Crippen molar-refractivity contribution in [2.45, 2.75) is 17.2 Å². The van der Waals surface area contributed by atoms with Gasteiger partial charge in [-0.25, -0.2) is 8.42 Å². The number of sulfone groups is 1. The molecule has 0 saturated carbocycles. The Morgan fingerprint density at radius 3 is 2.52 bits per heavy atom. The summed E-state index contributed by atoms with van der Waals surface area (Å²) in [6.45, 7) is 0.360. The number of benzene rings is 2. The third kappa shape index (κ3) is 3.56. The molecule has 0 fully saturated rings. The standard InChI is InChI=1S/C15H16ClNO3S/c1-20-14-4-2-3-5-15(14)21(18,19)10-12-7-6-11(9-17)8-13(12)16/h2-8H,9-10,17H2,1H3. The lowest BCUT2D eigenvalue weighted by Gasteiger charge is -2.11. The molecule has 0 aliphatic carbocycles. The summed E-state index contributed by atoms with van der Waals surface area (Å²) in [7, 11) is -2.10. The molecule has 0 aliphatic rings. The monoisotopic (exact) mass is 325 g/mol. The quantitative estimate of drug-likeness (QED) is 0.917. The molecule has 0 bridgehead atoms. The van der Waals surface area contributed by atoms with Gasteiger partial charge in [-0.2, -0.15) is 0 Å². The molecule has 0 heterocycles. The predicted molar refractivity (Wildman–Crippen MR) is 83.2 cm³/mol. The number of nitrogens with two attached hydrogens (primary N) is 1. The van der Waals surface area contributed by atoms with Crippen LogP contribution in [0.25, 0.3) is 0 Å². The molecule has 0 unspecified atom stereocenters. The van der Waals surface area contributed by atoms with Gasteiger partial charge in [-0.3, -0.25) is 0 Å². The maximum atomic E-state index is 12.5. The fourth-order valence-corrected chi connectivity index (χ4v) is 3.90. The van der Waals surface area contributed by atoms with E-state index < -0.39 is 9.84 Å². The van der Waals surface area contributed by atoms with Crippen molar-refractivity contribution < 1.29 is 13.2 Å². The molecule has 6 heteroatoms. The highest BCUT2D eigenvalue weighted by Crippen LogP contribution is 2.28. The molecular weight excluding hydrogens is 310 g/mol. The van der Waals surface area contributed by atoms with Gasteiger partial charge in [-0.05, 0) is 29.3 Å². The second-order valence-corrected chi connectivity index (χ2v) is 6.91. The zero-order chi connectivity index (χ0) is 15.5. The van der Waals surface area contributed by atoms with Gasteiger partial charge in [-0.15, -0.1) is 0 Å². The zero-order valence-electron chi connectivity index (χ0n) is 11.5. The molecule has 2 N–H and O–H groups in total. The smallest absolute Gasteiger partial charge is 0.186 e. The highest BCUT2D eigenvalue weighted by Gasteiger charge is 2.21. The van der Waals surface area contributed by atoms with Crippen LogP contribution >= 0.6 is 11.6 Å². The second kappa shape index (κ2) is 6.47. The van der Waals surface area contributed by atoms with Gasteiger partial charge in [-0.1, -0.05) is 35.9 Å². The number of hydrogen-bond acceptors (Lipinski definition) is 4. The van der Waals surface area contributed by atoms with E-state index in [0.717, 1.165) is 5.56 Å². The van der Waals surface area contributed by atoms with Gasteiger partial charge in [0, 0.05) is 11.6 Å². The zero-order valence-corrected chi connectivity index (χ0v) is 13.1. The molecule has 2 rings (SSSR count). The van der Waals surface area contributed by atoms with Gasteiger partial charge in [0.2, 0.25) is 0 Å². The average Bonchev–Trinajstić information content (AvgIpc) is 2.49. The first-order chi connectivity index (χ1) is 9.97. The minimum absolute atomic E-state index is 0.159. The predicted octanol–water partition coefficient (Wildman–Crippen LogP) is 2.78. The third-order valence-electron chi connectivity index (χ3n) is 3.10. The first kappa shape index (κ1) is 15.8. The fraction of sp³-hybridized carbons (Fsp3) is 0.200. The van der Waals surface area contributed by atoms with Crippen molar-refractivity contribution >= 4 is 21.4 Å². The number of ether oxygens (including phenoxy) is 1. The topological polar surface area (TPSA) is 69.4 Å². The summed E-state index contributed by atoms with van der Waals surface area (Å²) >= 11 is 6.12. The lowest BCUT2D eigenvalue weighted by Crippen LogP contribution is -2.07. The molecule has 0 aromatic heterocycles. The second-order valence-electron chi connectivity index (χ2n) is 4.54.